The maximum absolute atomic E-state index is 12.3. The van der Waals surface area contributed by atoms with E-state index in [9.17, 15) is 8.42 Å². The van der Waals surface area contributed by atoms with Gasteiger partial charge in [0.15, 0.2) is 0 Å². The molecule has 0 aliphatic carbocycles. The standard InChI is InChI=1S/C13H17N3O2S2/c1-10-9-19-12(7-14)13(10)20(17,18)16-6-4-11-3-2-5-15-8-11/h2-3,5,8-9,16H,4,6-7,14H2,1H3. The minimum absolute atomic E-state index is 0.233. The average molecular weight is 311 g/mol. The second-order valence-electron chi connectivity index (χ2n) is 4.38. The summed E-state index contributed by atoms with van der Waals surface area (Å²) < 4.78 is 27.2. The summed E-state index contributed by atoms with van der Waals surface area (Å²) in [6.45, 7) is 2.36. The van der Waals surface area contributed by atoms with Crippen LogP contribution in [0.1, 0.15) is 16.0 Å². The highest BCUT2D eigenvalue weighted by Crippen LogP contribution is 2.26. The van der Waals surface area contributed by atoms with E-state index in [1.54, 1.807) is 19.3 Å². The molecule has 2 aromatic rings. The summed E-state index contributed by atoms with van der Waals surface area (Å²) in [6.07, 6.45) is 4.03. The highest BCUT2D eigenvalue weighted by molar-refractivity contribution is 7.89. The number of hydrogen-bond donors (Lipinski definition) is 2. The summed E-state index contributed by atoms with van der Waals surface area (Å²) in [5.41, 5.74) is 7.33. The highest BCUT2D eigenvalue weighted by Gasteiger charge is 2.21. The third-order valence-electron chi connectivity index (χ3n) is 2.87. The Balaban J connectivity index is 2.06. The van der Waals surface area contributed by atoms with Crippen LogP contribution < -0.4 is 10.5 Å². The molecule has 2 aromatic heterocycles. The number of rotatable bonds is 6. The molecule has 0 unspecified atom stereocenters. The van der Waals surface area contributed by atoms with Gasteiger partial charge in [-0.15, -0.1) is 11.3 Å². The van der Waals surface area contributed by atoms with E-state index < -0.39 is 10.0 Å². The molecule has 0 aliphatic rings. The second-order valence-corrected chi connectivity index (χ2v) is 7.05. The lowest BCUT2D eigenvalue weighted by Crippen LogP contribution is -2.27. The molecular weight excluding hydrogens is 294 g/mol. The molecule has 0 saturated carbocycles. The summed E-state index contributed by atoms with van der Waals surface area (Å²) in [4.78, 5) is 5.02. The summed E-state index contributed by atoms with van der Waals surface area (Å²) in [5, 5.41) is 1.82. The van der Waals surface area contributed by atoms with Crippen LogP contribution in [0.25, 0.3) is 0 Å². The smallest absolute Gasteiger partial charge is 0.241 e. The SMILES string of the molecule is Cc1csc(CN)c1S(=O)(=O)NCCc1cccnc1. The van der Waals surface area contributed by atoms with E-state index in [4.69, 9.17) is 5.73 Å². The van der Waals surface area contributed by atoms with Crippen LogP contribution in [0.15, 0.2) is 34.8 Å². The topological polar surface area (TPSA) is 85.1 Å². The van der Waals surface area contributed by atoms with Crippen molar-refractivity contribution < 1.29 is 8.42 Å². The molecule has 0 aliphatic heterocycles. The number of thiophene rings is 1. The van der Waals surface area contributed by atoms with Crippen LogP contribution in [-0.2, 0) is 23.0 Å². The van der Waals surface area contributed by atoms with Gasteiger partial charge in [0.25, 0.3) is 0 Å². The van der Waals surface area contributed by atoms with E-state index >= 15 is 0 Å². The van der Waals surface area contributed by atoms with Crippen molar-refractivity contribution in [2.24, 2.45) is 5.73 Å². The van der Waals surface area contributed by atoms with Gasteiger partial charge in [0.1, 0.15) is 4.90 Å². The molecule has 0 amide bonds. The monoisotopic (exact) mass is 311 g/mol. The van der Waals surface area contributed by atoms with Gasteiger partial charge in [-0.25, -0.2) is 13.1 Å². The molecule has 108 valence electrons. The van der Waals surface area contributed by atoms with Crippen molar-refractivity contribution in [2.45, 2.75) is 24.8 Å². The van der Waals surface area contributed by atoms with Gasteiger partial charge in [0.2, 0.25) is 10.0 Å². The van der Waals surface area contributed by atoms with E-state index in [1.807, 2.05) is 17.5 Å². The Morgan fingerprint density at radius 3 is 2.90 bits per heavy atom. The lowest BCUT2D eigenvalue weighted by Gasteiger charge is -2.08. The van der Waals surface area contributed by atoms with Gasteiger partial charge in [0, 0.05) is 30.4 Å². The fourth-order valence-corrected chi connectivity index (χ4v) is 4.67. The van der Waals surface area contributed by atoms with Crippen molar-refractivity contribution in [3.63, 3.8) is 0 Å². The molecule has 0 radical (unpaired) electrons. The van der Waals surface area contributed by atoms with E-state index in [-0.39, 0.29) is 6.54 Å². The minimum atomic E-state index is -3.50. The van der Waals surface area contributed by atoms with Crippen molar-refractivity contribution in [1.29, 1.82) is 0 Å². The number of hydrogen-bond acceptors (Lipinski definition) is 5. The Bertz CT molecular complexity index is 666. The predicted molar refractivity (Wildman–Crippen MR) is 80.1 cm³/mol. The number of aromatic nitrogens is 1. The first kappa shape index (κ1) is 15.1. The summed E-state index contributed by atoms with van der Waals surface area (Å²) in [5.74, 6) is 0. The van der Waals surface area contributed by atoms with E-state index in [1.165, 1.54) is 11.3 Å². The summed E-state index contributed by atoms with van der Waals surface area (Å²) >= 11 is 1.38. The number of nitrogens with one attached hydrogen (secondary N) is 1. The molecule has 3 N–H and O–H groups in total. The zero-order chi connectivity index (χ0) is 14.6. The van der Waals surface area contributed by atoms with Gasteiger partial charge in [-0.1, -0.05) is 6.07 Å². The predicted octanol–water partition coefficient (Wildman–Crippen LogP) is 1.43. The lowest BCUT2D eigenvalue weighted by atomic mass is 10.2. The van der Waals surface area contributed by atoms with E-state index in [2.05, 4.69) is 9.71 Å². The van der Waals surface area contributed by atoms with Gasteiger partial charge >= 0.3 is 0 Å². The van der Waals surface area contributed by atoms with Crippen LogP contribution in [0.4, 0.5) is 0 Å². The van der Waals surface area contributed by atoms with Crippen LogP contribution in [0, 0.1) is 6.92 Å². The molecule has 0 bridgehead atoms. The van der Waals surface area contributed by atoms with Gasteiger partial charge in [-0.05, 0) is 35.9 Å². The molecule has 0 saturated heterocycles. The number of sulfonamides is 1. The van der Waals surface area contributed by atoms with Crippen molar-refractivity contribution in [1.82, 2.24) is 9.71 Å². The normalized spacial score (nSPS) is 11.7. The maximum Gasteiger partial charge on any atom is 0.241 e. The molecule has 20 heavy (non-hydrogen) atoms. The number of pyridine rings is 1. The number of nitrogens with two attached hydrogens (primary N) is 1. The van der Waals surface area contributed by atoms with Gasteiger partial charge in [-0.2, -0.15) is 0 Å². The highest BCUT2D eigenvalue weighted by atomic mass is 32.2. The lowest BCUT2D eigenvalue weighted by molar-refractivity contribution is 0.580. The minimum Gasteiger partial charge on any atom is -0.326 e. The first-order valence-electron chi connectivity index (χ1n) is 6.20. The molecule has 0 atom stereocenters. The van der Waals surface area contributed by atoms with Crippen LogP contribution >= 0.6 is 11.3 Å². The second kappa shape index (κ2) is 6.45. The van der Waals surface area contributed by atoms with Crippen molar-refractivity contribution >= 4 is 21.4 Å². The largest absolute Gasteiger partial charge is 0.326 e. The summed E-state index contributed by atoms with van der Waals surface area (Å²) in [7, 11) is -3.50. The number of nitrogens with zero attached hydrogens (tertiary/aromatic N) is 1. The van der Waals surface area contributed by atoms with Crippen LogP contribution in [-0.4, -0.2) is 19.9 Å². The maximum atomic E-state index is 12.3. The molecule has 7 heteroatoms. The molecule has 0 aromatic carbocycles. The van der Waals surface area contributed by atoms with Gasteiger partial charge < -0.3 is 5.73 Å². The average Bonchev–Trinajstić information content (AvgIpc) is 2.81. The zero-order valence-electron chi connectivity index (χ0n) is 11.2. The molecule has 5 nitrogen and oxygen atoms in total. The summed E-state index contributed by atoms with van der Waals surface area (Å²) in [6, 6.07) is 3.75. The molecule has 0 spiro atoms. The van der Waals surface area contributed by atoms with Crippen molar-refractivity contribution in [3.05, 3.63) is 45.9 Å². The molecule has 2 heterocycles. The third kappa shape index (κ3) is 3.43. The van der Waals surface area contributed by atoms with E-state index in [0.29, 0.717) is 22.7 Å². The number of aryl methyl sites for hydroxylation is 1. The van der Waals surface area contributed by atoms with Crippen molar-refractivity contribution in [2.75, 3.05) is 6.54 Å². The Kier molecular flexibility index (Phi) is 4.87. The first-order chi connectivity index (χ1) is 9.54. The molecule has 2 rings (SSSR count). The van der Waals surface area contributed by atoms with Gasteiger partial charge in [-0.3, -0.25) is 4.98 Å². The fraction of sp³-hybridized carbons (Fsp3) is 0.308. The Morgan fingerprint density at radius 1 is 1.45 bits per heavy atom. The van der Waals surface area contributed by atoms with Crippen LogP contribution in [0.3, 0.4) is 0 Å². The zero-order valence-corrected chi connectivity index (χ0v) is 12.8. The third-order valence-corrected chi connectivity index (χ3v) is 5.82. The fourth-order valence-electron chi connectivity index (χ4n) is 1.94. The van der Waals surface area contributed by atoms with Crippen LogP contribution in [0.2, 0.25) is 0 Å². The molecule has 0 fully saturated rings. The Hall–Kier alpha value is -1.28. The first-order valence-corrected chi connectivity index (χ1v) is 8.56. The Morgan fingerprint density at radius 2 is 2.25 bits per heavy atom. The van der Waals surface area contributed by atoms with Gasteiger partial charge in [0.05, 0.1) is 0 Å². The van der Waals surface area contributed by atoms with Crippen LogP contribution in [0.5, 0.6) is 0 Å². The Labute approximate surface area is 122 Å². The van der Waals surface area contributed by atoms with Crippen molar-refractivity contribution in [3.8, 4) is 0 Å². The quantitative estimate of drug-likeness (QED) is 0.845. The molecular formula is C13H17N3O2S2. The van der Waals surface area contributed by atoms with E-state index in [0.717, 1.165) is 11.1 Å².